The smallest absolute Gasteiger partial charge is 0.511 e. The molecule has 158 valence electrons. The summed E-state index contributed by atoms with van der Waals surface area (Å²) in [6, 6.07) is -0.820. The number of carboxylic acids is 1. The molecule has 0 aromatic carbocycles. The van der Waals surface area contributed by atoms with Gasteiger partial charge in [-0.2, -0.15) is 0 Å². The van der Waals surface area contributed by atoms with Crippen LogP contribution in [0.4, 0.5) is 0 Å². The van der Waals surface area contributed by atoms with Gasteiger partial charge in [0.1, 0.15) is 42.7 Å². The lowest BCUT2D eigenvalue weighted by molar-refractivity contribution is -0.220. The van der Waals surface area contributed by atoms with Crippen molar-refractivity contribution in [3.8, 4) is 0 Å². The molecule has 13 N–H and O–H groups in total. The number of carboxylic acid groups (broad SMARTS) is 1. The maximum atomic E-state index is 10.4. The Morgan fingerprint density at radius 3 is 1.85 bits per heavy atom. The average Bonchev–Trinajstić information content (AvgIpc) is 2.59. The lowest BCUT2D eigenvalue weighted by Gasteiger charge is -2.40. The van der Waals surface area contributed by atoms with E-state index in [1.807, 2.05) is 0 Å². The molecule has 0 heterocycles. The van der Waals surface area contributed by atoms with Gasteiger partial charge < -0.3 is 57.1 Å². The Kier molecular flexibility index (Phi) is 10.9. The van der Waals surface area contributed by atoms with Crippen LogP contribution < -0.4 is 17.2 Å². The predicted octanol–water partition coefficient (Wildman–Crippen LogP) is -5.95. The van der Waals surface area contributed by atoms with Crippen molar-refractivity contribution < 1.29 is 49.1 Å². The third-order valence-electron chi connectivity index (χ3n) is 3.59. The fraction of sp³-hybridized carbons (Fsp3) is 0.833. The highest BCUT2D eigenvalue weighted by molar-refractivity contribution is 6.24. The van der Waals surface area contributed by atoms with E-state index in [9.17, 15) is 29.7 Å². The first-order valence-electron chi connectivity index (χ1n) is 7.73. The third-order valence-corrected chi connectivity index (χ3v) is 4.07. The first kappa shape index (κ1) is 25.1. The number of hydrogen-bond acceptors (Lipinski definition) is 10. The fourth-order valence-corrected chi connectivity index (χ4v) is 2.61. The van der Waals surface area contributed by atoms with Crippen molar-refractivity contribution in [3.63, 3.8) is 0 Å². The zero-order valence-corrected chi connectivity index (χ0v) is 15.2. The summed E-state index contributed by atoms with van der Waals surface area (Å²) in [5.74, 6) is -0.987. The average molecular weight is 414 g/mol. The molecule has 0 aromatic heterocycles. The molecular formula is C12H26N4O10Si. The second kappa shape index (κ2) is 11.8. The van der Waals surface area contributed by atoms with Crippen molar-refractivity contribution in [1.82, 2.24) is 0 Å². The Morgan fingerprint density at radius 1 is 1.04 bits per heavy atom. The van der Waals surface area contributed by atoms with Gasteiger partial charge in [0.2, 0.25) is 0 Å². The summed E-state index contributed by atoms with van der Waals surface area (Å²) < 4.78 is 14.6. The van der Waals surface area contributed by atoms with Gasteiger partial charge in [-0.1, -0.05) is 0 Å². The van der Waals surface area contributed by atoms with Crippen LogP contribution in [0.5, 0.6) is 0 Å². The SMILES string of the molecule is NC(N)=NCCCC(N)C(=O)O.O=[Si](O)OC1[C@@H](O)[C@H](O)C(O)[C@H](O)[C@@H]1O. The summed E-state index contributed by atoms with van der Waals surface area (Å²) in [5.41, 5.74) is 15.3. The van der Waals surface area contributed by atoms with Crippen LogP contribution >= 0.6 is 0 Å². The molecule has 0 aliphatic heterocycles. The Labute approximate surface area is 155 Å². The molecule has 0 amide bonds. The summed E-state index contributed by atoms with van der Waals surface area (Å²) in [6.45, 7) is 0.420. The fourth-order valence-electron chi connectivity index (χ4n) is 2.10. The number of nitrogens with two attached hydrogens (primary N) is 3. The van der Waals surface area contributed by atoms with Crippen LogP contribution in [0.1, 0.15) is 12.8 Å². The van der Waals surface area contributed by atoms with Crippen molar-refractivity contribution in [2.45, 2.75) is 55.5 Å². The molecule has 0 bridgehead atoms. The van der Waals surface area contributed by atoms with Gasteiger partial charge in [-0.15, -0.1) is 0 Å². The second-order valence-corrected chi connectivity index (χ2v) is 6.46. The van der Waals surface area contributed by atoms with Gasteiger partial charge in [0.25, 0.3) is 0 Å². The van der Waals surface area contributed by atoms with Gasteiger partial charge in [0.05, 0.1) is 0 Å². The van der Waals surface area contributed by atoms with E-state index in [2.05, 4.69) is 9.42 Å². The number of carbonyl (C=O) groups is 1. The standard InChI is InChI=1S/C6H14N4O2.C6H12O8Si/c7-4(5(11)12)2-1-3-10-6(8)9;7-1-2(8)4(10)6(14-15(12)13)5(11)3(1)9/h4H,1-3,7H2,(H,11,12)(H4,8,9,10);1-12H/t;1?,2-,3+,4-,5-,6?/m.0/s1. The molecule has 14 nitrogen and oxygen atoms in total. The van der Waals surface area contributed by atoms with Gasteiger partial charge in [0.15, 0.2) is 5.96 Å². The summed E-state index contributed by atoms with van der Waals surface area (Å²) in [7, 11) is -3.44. The van der Waals surface area contributed by atoms with E-state index in [1.54, 1.807) is 0 Å². The molecule has 1 aliphatic rings. The van der Waals surface area contributed by atoms with E-state index < -0.39 is 57.8 Å². The summed E-state index contributed by atoms with van der Waals surface area (Å²) in [6.07, 6.45) is -9.41. The maximum Gasteiger partial charge on any atom is 0.765 e. The lowest BCUT2D eigenvalue weighted by atomic mass is 9.85. The number of aliphatic hydroxyl groups excluding tert-OH is 5. The molecule has 0 aromatic rings. The number of aliphatic carboxylic acids is 1. The number of rotatable bonds is 7. The van der Waals surface area contributed by atoms with E-state index >= 15 is 0 Å². The van der Waals surface area contributed by atoms with Gasteiger partial charge in [-0.05, 0) is 12.8 Å². The van der Waals surface area contributed by atoms with Crippen LogP contribution in [0.15, 0.2) is 4.99 Å². The molecule has 1 aliphatic carbocycles. The lowest BCUT2D eigenvalue weighted by Crippen LogP contribution is -2.64. The molecular weight excluding hydrogens is 388 g/mol. The van der Waals surface area contributed by atoms with Crippen molar-refractivity contribution in [1.29, 1.82) is 0 Å². The van der Waals surface area contributed by atoms with Gasteiger partial charge >= 0.3 is 15.1 Å². The number of hydrogen-bond donors (Lipinski definition) is 10. The minimum Gasteiger partial charge on any atom is -0.511 e. The van der Waals surface area contributed by atoms with Crippen molar-refractivity contribution in [2.24, 2.45) is 22.2 Å². The molecule has 3 unspecified atom stereocenters. The number of guanidine groups is 1. The van der Waals surface area contributed by atoms with Gasteiger partial charge in [-0.3, -0.25) is 14.2 Å². The summed E-state index contributed by atoms with van der Waals surface area (Å²) in [5, 5.41) is 54.5. The third kappa shape index (κ3) is 8.56. The quantitative estimate of drug-likeness (QED) is 0.0804. The summed E-state index contributed by atoms with van der Waals surface area (Å²) >= 11 is 0. The van der Waals surface area contributed by atoms with Crippen molar-refractivity contribution >= 4 is 21.1 Å². The van der Waals surface area contributed by atoms with E-state index in [4.69, 9.17) is 32.2 Å². The molecule has 0 spiro atoms. The number of nitrogens with zero attached hydrogens (tertiary/aromatic N) is 1. The Bertz CT molecular complexity index is 504. The molecule has 27 heavy (non-hydrogen) atoms. The largest absolute Gasteiger partial charge is 0.765 e. The molecule has 0 saturated heterocycles. The van der Waals surface area contributed by atoms with Crippen molar-refractivity contribution in [2.75, 3.05) is 6.54 Å². The molecule has 1 rings (SSSR count). The highest BCUT2D eigenvalue weighted by Gasteiger charge is 2.50. The number of aliphatic hydroxyl groups is 5. The van der Waals surface area contributed by atoms with Crippen LogP contribution in [-0.4, -0.2) is 106 Å². The van der Waals surface area contributed by atoms with Crippen molar-refractivity contribution in [3.05, 3.63) is 0 Å². The predicted molar refractivity (Wildman–Crippen MR) is 89.1 cm³/mol. The normalized spacial score (nSPS) is 31.0. The van der Waals surface area contributed by atoms with Crippen LogP contribution in [0.25, 0.3) is 0 Å². The minimum atomic E-state index is -3.44. The van der Waals surface area contributed by atoms with Crippen LogP contribution in [0.3, 0.4) is 0 Å². The molecule has 15 heteroatoms. The van der Waals surface area contributed by atoms with Crippen LogP contribution in [0, 0.1) is 0 Å². The van der Waals surface area contributed by atoms with E-state index in [-0.39, 0.29) is 5.96 Å². The Balaban J connectivity index is 0.000000516. The second-order valence-electron chi connectivity index (χ2n) is 5.69. The monoisotopic (exact) mass is 414 g/mol. The van der Waals surface area contributed by atoms with E-state index in [0.29, 0.717) is 19.4 Å². The van der Waals surface area contributed by atoms with Crippen LogP contribution in [-0.2, 0) is 13.7 Å². The zero-order valence-electron chi connectivity index (χ0n) is 14.2. The van der Waals surface area contributed by atoms with Crippen LogP contribution in [0.2, 0.25) is 0 Å². The molecule has 1 fully saturated rings. The maximum absolute atomic E-state index is 10.4. The van der Waals surface area contributed by atoms with E-state index in [0.717, 1.165) is 0 Å². The zero-order chi connectivity index (χ0) is 21.3. The molecule has 1 saturated carbocycles. The highest BCUT2D eigenvalue weighted by atomic mass is 28.3. The minimum absolute atomic E-state index is 0.0129. The Morgan fingerprint density at radius 2 is 1.48 bits per heavy atom. The first-order chi connectivity index (χ1) is 12.4. The molecule has 0 radical (unpaired) electrons. The van der Waals surface area contributed by atoms with Gasteiger partial charge in [0, 0.05) is 6.54 Å². The highest BCUT2D eigenvalue weighted by Crippen LogP contribution is 2.23. The number of aliphatic imine (C=N–C) groups is 1. The summed E-state index contributed by atoms with van der Waals surface area (Å²) in [4.78, 5) is 22.4. The van der Waals surface area contributed by atoms with E-state index in [1.165, 1.54) is 0 Å². The first-order valence-corrected chi connectivity index (χ1v) is 9.00. The Hall–Kier alpha value is -1.88. The van der Waals surface area contributed by atoms with Gasteiger partial charge in [-0.25, -0.2) is 0 Å². The molecule has 7 atom stereocenters. The topological polar surface area (TPSA) is 275 Å².